The number of benzene rings is 2. The van der Waals surface area contributed by atoms with Gasteiger partial charge < -0.3 is 31.3 Å². The molecular weight excluding hydrogens is 584 g/mol. The lowest BCUT2D eigenvalue weighted by Gasteiger charge is -2.25. The molecule has 0 saturated heterocycles. The number of nitrogens with one attached hydrogen (secondary N) is 5. The van der Waals surface area contributed by atoms with E-state index in [1.54, 1.807) is 30.3 Å². The number of carbonyl (C=O) groups excluding carboxylic acids is 5. The van der Waals surface area contributed by atoms with Crippen LogP contribution in [0.5, 0.6) is 5.75 Å². The van der Waals surface area contributed by atoms with Gasteiger partial charge >= 0.3 is 0 Å². The molecule has 3 aromatic rings. The van der Waals surface area contributed by atoms with Crippen molar-refractivity contribution in [2.24, 2.45) is 0 Å². The summed E-state index contributed by atoms with van der Waals surface area (Å²) in [7, 11) is 0. The molecule has 6 rings (SSSR count). The van der Waals surface area contributed by atoms with Crippen molar-refractivity contribution in [3.63, 3.8) is 0 Å². The first kappa shape index (κ1) is 30.7. The van der Waals surface area contributed by atoms with Crippen molar-refractivity contribution in [2.45, 2.75) is 56.3 Å². The molecule has 5 N–H and O–H groups in total. The van der Waals surface area contributed by atoms with Gasteiger partial charge in [0, 0.05) is 19.0 Å². The van der Waals surface area contributed by atoms with E-state index in [0.717, 1.165) is 22.7 Å². The van der Waals surface area contributed by atoms with Gasteiger partial charge in [-0.2, -0.15) is 0 Å². The van der Waals surface area contributed by atoms with Crippen molar-refractivity contribution in [3.8, 4) is 5.75 Å². The summed E-state index contributed by atoms with van der Waals surface area (Å²) in [5, 5.41) is 13.9. The van der Waals surface area contributed by atoms with Crippen LogP contribution in [0, 0.1) is 0 Å². The number of aromatic nitrogens is 1. The number of rotatable bonds is 4. The fourth-order valence-corrected chi connectivity index (χ4v) is 5.32. The van der Waals surface area contributed by atoms with Crippen LogP contribution in [0.1, 0.15) is 40.6 Å². The summed E-state index contributed by atoms with van der Waals surface area (Å²) >= 11 is 1.00. The minimum atomic E-state index is -1.05. The maximum Gasteiger partial charge on any atom is 0.263 e. The van der Waals surface area contributed by atoms with Crippen molar-refractivity contribution in [2.75, 3.05) is 13.2 Å². The lowest BCUT2D eigenvalue weighted by Crippen LogP contribution is -2.59. The van der Waals surface area contributed by atoms with E-state index in [-0.39, 0.29) is 31.9 Å². The molecule has 1 aliphatic carbocycles. The number of hydrogen-bond donors (Lipinski definition) is 5. The average molecular weight is 619 g/mol. The third kappa shape index (κ3) is 7.78. The summed E-state index contributed by atoms with van der Waals surface area (Å²) in [5.41, 5.74) is 0.502. The van der Waals surface area contributed by atoms with Gasteiger partial charge in [0.15, 0.2) is 0 Å². The molecule has 44 heavy (non-hydrogen) atoms. The maximum atomic E-state index is 13.5. The Kier molecular flexibility index (Phi) is 9.53. The molecule has 5 amide bonds. The van der Waals surface area contributed by atoms with E-state index in [4.69, 9.17) is 4.74 Å². The Morgan fingerprint density at radius 1 is 0.977 bits per heavy atom. The number of hydrogen-bond acceptors (Lipinski definition) is 8. The molecule has 0 unspecified atom stereocenters. The summed E-state index contributed by atoms with van der Waals surface area (Å²) in [6, 6.07) is 14.7. The SMILES string of the molecule is C[C@@H]1NC(=O)[C@@H](NC(=O)c2ccns2)Cc2ccc(cc2)OCCNC(=O)C2(CC2)NC(=O)[C@@H](Cc2ccccc2)NC1=O. The Labute approximate surface area is 258 Å². The third-order valence-corrected chi connectivity index (χ3v) is 8.26. The van der Waals surface area contributed by atoms with Gasteiger partial charge in [-0.1, -0.05) is 42.5 Å². The normalized spacial score (nSPS) is 22.5. The van der Waals surface area contributed by atoms with Crippen LogP contribution >= 0.6 is 11.5 Å². The number of nitrogens with zero attached hydrogens (tertiary/aromatic N) is 1. The molecule has 3 aliphatic rings. The van der Waals surface area contributed by atoms with Gasteiger partial charge in [-0.25, -0.2) is 4.37 Å². The first-order chi connectivity index (χ1) is 21.2. The number of fused-ring (bicyclic) bond motifs is 15. The Morgan fingerprint density at radius 3 is 2.41 bits per heavy atom. The number of ether oxygens (including phenoxy) is 1. The van der Waals surface area contributed by atoms with Gasteiger partial charge in [0.05, 0.1) is 6.54 Å². The maximum absolute atomic E-state index is 13.5. The molecule has 1 spiro atoms. The first-order valence-corrected chi connectivity index (χ1v) is 15.2. The lowest BCUT2D eigenvalue weighted by molar-refractivity contribution is -0.134. The minimum absolute atomic E-state index is 0.141. The first-order valence-electron chi connectivity index (χ1n) is 14.4. The molecular formula is C31H34N6O6S. The predicted molar refractivity (Wildman–Crippen MR) is 162 cm³/mol. The molecule has 1 saturated carbocycles. The monoisotopic (exact) mass is 618 g/mol. The van der Waals surface area contributed by atoms with Crippen molar-refractivity contribution in [3.05, 3.63) is 82.9 Å². The van der Waals surface area contributed by atoms with Gasteiger partial charge in [0.2, 0.25) is 23.6 Å². The second-order valence-corrected chi connectivity index (χ2v) is 11.7. The van der Waals surface area contributed by atoms with Crippen LogP contribution in [-0.2, 0) is 32.0 Å². The van der Waals surface area contributed by atoms with Crippen LogP contribution in [0.15, 0.2) is 66.9 Å². The molecule has 0 radical (unpaired) electrons. The number of carbonyl (C=O) groups is 5. The molecule has 12 nitrogen and oxygen atoms in total. The van der Waals surface area contributed by atoms with E-state index in [2.05, 4.69) is 31.0 Å². The Morgan fingerprint density at radius 2 is 1.73 bits per heavy atom. The molecule has 13 heteroatoms. The largest absolute Gasteiger partial charge is 0.492 e. The summed E-state index contributed by atoms with van der Waals surface area (Å²) in [6.45, 7) is 1.93. The van der Waals surface area contributed by atoms with Crippen molar-refractivity contribution < 1.29 is 28.7 Å². The zero-order chi connectivity index (χ0) is 31.1. The van der Waals surface area contributed by atoms with Gasteiger partial charge in [-0.05, 0) is 60.6 Å². The number of amides is 5. The zero-order valence-electron chi connectivity index (χ0n) is 24.1. The second kappa shape index (κ2) is 13.7. The van der Waals surface area contributed by atoms with E-state index in [0.29, 0.717) is 23.5 Å². The Bertz CT molecular complexity index is 1490. The summed E-state index contributed by atoms with van der Waals surface area (Å²) in [5.74, 6) is -1.88. The highest BCUT2D eigenvalue weighted by atomic mass is 32.1. The molecule has 2 aromatic carbocycles. The molecule has 3 heterocycles. The molecule has 1 fully saturated rings. The third-order valence-electron chi connectivity index (χ3n) is 7.52. The molecule has 3 atom stereocenters. The van der Waals surface area contributed by atoms with E-state index in [9.17, 15) is 24.0 Å². The van der Waals surface area contributed by atoms with E-state index >= 15 is 0 Å². The van der Waals surface area contributed by atoms with E-state index in [1.807, 2.05) is 30.3 Å². The Balaban J connectivity index is 1.38. The van der Waals surface area contributed by atoms with Crippen LogP contribution < -0.4 is 31.3 Å². The summed E-state index contributed by atoms with van der Waals surface area (Å²) in [4.78, 5) is 66.5. The smallest absolute Gasteiger partial charge is 0.263 e. The molecule has 230 valence electrons. The quantitative estimate of drug-likeness (QED) is 0.271. The zero-order valence-corrected chi connectivity index (χ0v) is 24.9. The highest BCUT2D eigenvalue weighted by Crippen LogP contribution is 2.35. The average Bonchev–Trinajstić information content (AvgIpc) is 3.58. The minimum Gasteiger partial charge on any atom is -0.492 e. The van der Waals surface area contributed by atoms with Crippen LogP contribution in [0.4, 0.5) is 0 Å². The summed E-state index contributed by atoms with van der Waals surface area (Å²) < 4.78 is 9.71. The lowest BCUT2D eigenvalue weighted by atomic mass is 10.0. The molecule has 2 aliphatic heterocycles. The molecule has 1 aromatic heterocycles. The fourth-order valence-electron chi connectivity index (χ4n) is 4.82. The fraction of sp³-hybridized carbons (Fsp3) is 0.355. The van der Waals surface area contributed by atoms with Crippen molar-refractivity contribution in [1.82, 2.24) is 31.0 Å². The second-order valence-electron chi connectivity index (χ2n) is 10.9. The van der Waals surface area contributed by atoms with Gasteiger partial charge in [0.25, 0.3) is 5.91 Å². The van der Waals surface area contributed by atoms with Crippen LogP contribution in [0.3, 0.4) is 0 Å². The van der Waals surface area contributed by atoms with Crippen LogP contribution in [-0.4, -0.2) is 70.7 Å². The topological polar surface area (TPSA) is 168 Å². The standard InChI is InChI=1S/C31H34N6O6S/c1-19-26(38)35-24(17-20-5-3-2-4-6-20)28(40)37-31(12-13-31)30(42)32-15-16-43-22-9-7-21(8-10-22)18-23(27(39)34-19)36-29(41)25-11-14-33-44-25/h2-11,14,19,23-24H,12-13,15-18H2,1H3,(H,32,42)(H,34,39)(H,35,38)(H,36,41)(H,37,40)/t19-,23-,24+/m0/s1. The highest BCUT2D eigenvalue weighted by Gasteiger charge is 2.51. The highest BCUT2D eigenvalue weighted by molar-refractivity contribution is 7.08. The Hall–Kier alpha value is -4.78. The van der Waals surface area contributed by atoms with Gasteiger partial charge in [-0.15, -0.1) is 0 Å². The van der Waals surface area contributed by atoms with Crippen LogP contribution in [0.25, 0.3) is 0 Å². The summed E-state index contributed by atoms with van der Waals surface area (Å²) in [6.07, 6.45) is 2.76. The van der Waals surface area contributed by atoms with Gasteiger partial charge in [0.1, 0.15) is 40.9 Å². The van der Waals surface area contributed by atoms with Crippen molar-refractivity contribution in [1.29, 1.82) is 0 Å². The van der Waals surface area contributed by atoms with E-state index < -0.39 is 47.3 Å². The van der Waals surface area contributed by atoms with E-state index in [1.165, 1.54) is 13.1 Å². The van der Waals surface area contributed by atoms with Crippen molar-refractivity contribution >= 4 is 41.1 Å². The predicted octanol–water partition coefficient (Wildman–Crippen LogP) is 0.874. The van der Waals surface area contributed by atoms with Crippen LogP contribution in [0.2, 0.25) is 0 Å². The van der Waals surface area contributed by atoms with Gasteiger partial charge in [-0.3, -0.25) is 24.0 Å². The molecule has 2 bridgehead atoms.